The van der Waals surface area contributed by atoms with E-state index < -0.39 is 6.10 Å². The van der Waals surface area contributed by atoms with Gasteiger partial charge in [0.15, 0.2) is 0 Å². The number of aliphatic hydroxyl groups excluding tert-OH is 1. The number of amides is 1. The van der Waals surface area contributed by atoms with Crippen molar-refractivity contribution in [1.82, 2.24) is 15.1 Å². The molecule has 0 spiro atoms. The van der Waals surface area contributed by atoms with E-state index in [1.807, 2.05) is 6.92 Å². The molecule has 0 radical (unpaired) electrons. The van der Waals surface area contributed by atoms with Crippen molar-refractivity contribution in [1.29, 1.82) is 0 Å². The van der Waals surface area contributed by atoms with E-state index in [1.54, 1.807) is 17.8 Å². The molecule has 1 saturated carbocycles. The summed E-state index contributed by atoms with van der Waals surface area (Å²) in [5, 5.41) is 17.3. The number of nitrogens with one attached hydrogen (secondary N) is 1. The summed E-state index contributed by atoms with van der Waals surface area (Å²) in [6.07, 6.45) is 6.31. The third-order valence-electron chi connectivity index (χ3n) is 3.65. The van der Waals surface area contributed by atoms with Gasteiger partial charge in [0.2, 0.25) is 5.91 Å². The van der Waals surface area contributed by atoms with Gasteiger partial charge < -0.3 is 10.4 Å². The van der Waals surface area contributed by atoms with Gasteiger partial charge in [-0.15, -0.1) is 0 Å². The quantitative estimate of drug-likeness (QED) is 0.836. The molecule has 1 fully saturated rings. The molecule has 0 aliphatic heterocycles. The average Bonchev–Trinajstić information content (AvgIpc) is 2.64. The summed E-state index contributed by atoms with van der Waals surface area (Å²) in [5.41, 5.74) is 1.52. The Morgan fingerprint density at radius 1 is 1.50 bits per heavy atom. The third kappa shape index (κ3) is 3.41. The van der Waals surface area contributed by atoms with Gasteiger partial charge in [-0.05, 0) is 25.8 Å². The minimum absolute atomic E-state index is 0.147. The molecule has 2 unspecified atom stereocenters. The summed E-state index contributed by atoms with van der Waals surface area (Å²) in [5.74, 6) is -0.213. The summed E-state index contributed by atoms with van der Waals surface area (Å²) >= 11 is 6.09. The maximum absolute atomic E-state index is 11.9. The second kappa shape index (κ2) is 6.41. The van der Waals surface area contributed by atoms with Crippen molar-refractivity contribution < 1.29 is 9.90 Å². The Hall–Kier alpha value is -1.33. The molecule has 6 heteroatoms. The highest BCUT2D eigenvalue weighted by molar-refractivity contribution is 6.31. The molecule has 0 bridgehead atoms. The van der Waals surface area contributed by atoms with E-state index in [2.05, 4.69) is 10.4 Å². The van der Waals surface area contributed by atoms with Crippen LogP contribution in [0.4, 0.5) is 0 Å². The minimum Gasteiger partial charge on any atom is -0.391 e. The van der Waals surface area contributed by atoms with Crippen LogP contribution in [0.3, 0.4) is 0 Å². The second-order valence-corrected chi connectivity index (χ2v) is 5.57. The fraction of sp³-hybridized carbons (Fsp3) is 0.571. The molecule has 1 heterocycles. The maximum atomic E-state index is 11.9. The zero-order chi connectivity index (χ0) is 14.7. The number of aliphatic hydroxyl groups is 1. The first-order valence-corrected chi connectivity index (χ1v) is 7.22. The van der Waals surface area contributed by atoms with Crippen LogP contribution in [0.25, 0.3) is 6.08 Å². The largest absolute Gasteiger partial charge is 0.391 e. The molecule has 2 rings (SSSR count). The van der Waals surface area contributed by atoms with Crippen molar-refractivity contribution in [2.24, 2.45) is 7.05 Å². The Labute approximate surface area is 123 Å². The molecule has 1 aliphatic carbocycles. The molecule has 20 heavy (non-hydrogen) atoms. The van der Waals surface area contributed by atoms with Crippen LogP contribution in [-0.2, 0) is 11.8 Å². The van der Waals surface area contributed by atoms with Crippen molar-refractivity contribution in [3.63, 3.8) is 0 Å². The topological polar surface area (TPSA) is 67.2 Å². The van der Waals surface area contributed by atoms with Crippen molar-refractivity contribution in [3.05, 3.63) is 22.5 Å². The van der Waals surface area contributed by atoms with Crippen molar-refractivity contribution in [3.8, 4) is 0 Å². The number of hydrogen-bond donors (Lipinski definition) is 2. The number of carbonyl (C=O) groups excluding carboxylic acids is 1. The minimum atomic E-state index is -0.440. The van der Waals surface area contributed by atoms with E-state index in [4.69, 9.17) is 11.6 Å². The number of halogens is 1. The normalized spacial score (nSPS) is 23.2. The van der Waals surface area contributed by atoms with Crippen LogP contribution in [0, 0.1) is 6.92 Å². The molecule has 1 aromatic heterocycles. The van der Waals surface area contributed by atoms with Gasteiger partial charge in [0.05, 0.1) is 17.8 Å². The summed E-state index contributed by atoms with van der Waals surface area (Å²) in [6.45, 7) is 1.84. The summed E-state index contributed by atoms with van der Waals surface area (Å²) < 4.78 is 1.57. The van der Waals surface area contributed by atoms with Crippen LogP contribution in [0.5, 0.6) is 0 Å². The lowest BCUT2D eigenvalue weighted by atomic mass is 9.92. The Morgan fingerprint density at radius 2 is 2.20 bits per heavy atom. The molecular weight excluding hydrogens is 278 g/mol. The fourth-order valence-electron chi connectivity index (χ4n) is 2.51. The highest BCUT2D eigenvalue weighted by atomic mass is 35.5. The highest BCUT2D eigenvalue weighted by Gasteiger charge is 2.23. The van der Waals surface area contributed by atoms with Gasteiger partial charge in [0.1, 0.15) is 5.15 Å². The molecule has 5 nitrogen and oxygen atoms in total. The first kappa shape index (κ1) is 15.1. The molecule has 1 aliphatic rings. The smallest absolute Gasteiger partial charge is 0.244 e. The van der Waals surface area contributed by atoms with Crippen molar-refractivity contribution >= 4 is 23.6 Å². The zero-order valence-electron chi connectivity index (χ0n) is 11.8. The molecule has 2 N–H and O–H groups in total. The second-order valence-electron chi connectivity index (χ2n) is 5.21. The molecule has 110 valence electrons. The standard InChI is InChI=1S/C14H20ClN3O2/c1-9-10(14(15)18(2)17-9)7-8-13(20)16-11-5-3-4-6-12(11)19/h7-8,11-12,19H,3-6H2,1-2H3,(H,16,20)/b8-7+. The average molecular weight is 298 g/mol. The van der Waals surface area contributed by atoms with Gasteiger partial charge in [0.25, 0.3) is 0 Å². The van der Waals surface area contributed by atoms with E-state index >= 15 is 0 Å². The van der Waals surface area contributed by atoms with Crippen LogP contribution >= 0.6 is 11.6 Å². The molecule has 1 amide bonds. The molecule has 0 saturated heterocycles. The Bertz CT molecular complexity index is 525. The Morgan fingerprint density at radius 3 is 2.80 bits per heavy atom. The third-order valence-corrected chi connectivity index (χ3v) is 4.10. The predicted molar refractivity (Wildman–Crippen MR) is 78.4 cm³/mol. The number of aromatic nitrogens is 2. The Kier molecular flexibility index (Phi) is 4.83. The van der Waals surface area contributed by atoms with Gasteiger partial charge in [-0.1, -0.05) is 24.4 Å². The van der Waals surface area contributed by atoms with Crippen molar-refractivity contribution in [2.45, 2.75) is 44.8 Å². The first-order chi connectivity index (χ1) is 9.49. The number of aryl methyl sites for hydroxylation is 2. The van der Waals surface area contributed by atoms with E-state index in [9.17, 15) is 9.90 Å². The van der Waals surface area contributed by atoms with Crippen LogP contribution in [0.1, 0.15) is 36.9 Å². The van der Waals surface area contributed by atoms with Crippen LogP contribution in [0.2, 0.25) is 5.15 Å². The molecule has 0 aromatic carbocycles. The zero-order valence-corrected chi connectivity index (χ0v) is 12.5. The number of hydrogen-bond acceptors (Lipinski definition) is 3. The summed E-state index contributed by atoms with van der Waals surface area (Å²) in [6, 6.07) is -0.147. The molecular formula is C14H20ClN3O2. The lowest BCUT2D eigenvalue weighted by Crippen LogP contribution is -2.44. The van der Waals surface area contributed by atoms with Gasteiger partial charge in [-0.3, -0.25) is 9.48 Å². The highest BCUT2D eigenvalue weighted by Crippen LogP contribution is 2.20. The van der Waals surface area contributed by atoms with Gasteiger partial charge in [-0.2, -0.15) is 5.10 Å². The van der Waals surface area contributed by atoms with Crippen LogP contribution < -0.4 is 5.32 Å². The van der Waals surface area contributed by atoms with Gasteiger partial charge in [0, 0.05) is 18.7 Å². The van der Waals surface area contributed by atoms with Crippen molar-refractivity contribution in [2.75, 3.05) is 0 Å². The van der Waals surface area contributed by atoms with E-state index in [1.165, 1.54) is 6.08 Å². The maximum Gasteiger partial charge on any atom is 0.244 e. The first-order valence-electron chi connectivity index (χ1n) is 6.84. The van der Waals surface area contributed by atoms with E-state index in [0.29, 0.717) is 5.15 Å². The lowest BCUT2D eigenvalue weighted by Gasteiger charge is -2.27. The molecule has 2 atom stereocenters. The Balaban J connectivity index is 1.98. The lowest BCUT2D eigenvalue weighted by molar-refractivity contribution is -0.118. The summed E-state index contributed by atoms with van der Waals surface area (Å²) in [4.78, 5) is 11.9. The monoisotopic (exact) mass is 297 g/mol. The number of nitrogens with zero attached hydrogens (tertiary/aromatic N) is 2. The van der Waals surface area contributed by atoms with Gasteiger partial charge in [-0.25, -0.2) is 0 Å². The van der Waals surface area contributed by atoms with E-state index in [-0.39, 0.29) is 11.9 Å². The fourth-order valence-corrected chi connectivity index (χ4v) is 2.74. The van der Waals surface area contributed by atoms with Crippen LogP contribution in [0.15, 0.2) is 6.08 Å². The summed E-state index contributed by atoms with van der Waals surface area (Å²) in [7, 11) is 1.76. The number of rotatable bonds is 3. The molecule has 1 aromatic rings. The predicted octanol–water partition coefficient (Wildman–Crippen LogP) is 1.81. The number of carbonyl (C=O) groups is 1. The van der Waals surface area contributed by atoms with E-state index in [0.717, 1.165) is 36.9 Å². The van der Waals surface area contributed by atoms with Gasteiger partial charge >= 0.3 is 0 Å². The SMILES string of the molecule is Cc1nn(C)c(Cl)c1/C=C/C(=O)NC1CCCCC1O. The van der Waals surface area contributed by atoms with Crippen LogP contribution in [-0.4, -0.2) is 32.9 Å².